The van der Waals surface area contributed by atoms with Gasteiger partial charge in [0.1, 0.15) is 5.65 Å². The Kier molecular flexibility index (Phi) is 6.02. The number of anilines is 1. The molecule has 8 heteroatoms. The quantitative estimate of drug-likeness (QED) is 0.345. The number of pyridine rings is 1. The van der Waals surface area contributed by atoms with Gasteiger partial charge in [-0.1, -0.05) is 6.07 Å². The van der Waals surface area contributed by atoms with Crippen molar-refractivity contribution in [3.63, 3.8) is 0 Å². The van der Waals surface area contributed by atoms with Gasteiger partial charge in [-0.2, -0.15) is 5.26 Å². The van der Waals surface area contributed by atoms with Gasteiger partial charge in [0.15, 0.2) is 0 Å². The van der Waals surface area contributed by atoms with Crippen LogP contribution < -0.4 is 15.8 Å². The summed E-state index contributed by atoms with van der Waals surface area (Å²) < 4.78 is 3.50. The minimum Gasteiger partial charge on any atom is -0.405 e. The second kappa shape index (κ2) is 9.03. The first kappa shape index (κ1) is 20.0. The highest BCUT2D eigenvalue weighted by atomic mass is 32.2. The molecule has 0 atom stereocenters. The van der Waals surface area contributed by atoms with Gasteiger partial charge in [0.25, 0.3) is 0 Å². The minimum absolute atomic E-state index is 0.354. The number of fused-ring (bicyclic) bond motifs is 1. The Bertz CT molecular complexity index is 1140. The van der Waals surface area contributed by atoms with Crippen LogP contribution in [0.3, 0.4) is 0 Å². The van der Waals surface area contributed by atoms with E-state index in [0.717, 1.165) is 45.7 Å². The number of H-pyrrole nitrogens is 1. The summed E-state index contributed by atoms with van der Waals surface area (Å²) >= 11 is 1.58. The summed E-state index contributed by atoms with van der Waals surface area (Å²) in [6.45, 7) is 0. The lowest BCUT2D eigenvalue weighted by Crippen LogP contribution is -2.45. The highest BCUT2D eigenvalue weighted by molar-refractivity contribution is 7.97. The van der Waals surface area contributed by atoms with E-state index in [1.807, 2.05) is 42.7 Å². The molecule has 0 spiro atoms. The van der Waals surface area contributed by atoms with Crippen molar-refractivity contribution in [1.29, 1.82) is 5.26 Å². The van der Waals surface area contributed by atoms with Crippen LogP contribution in [0, 0.1) is 11.3 Å². The molecular weight excluding hydrogens is 394 g/mol. The zero-order valence-electron chi connectivity index (χ0n) is 16.6. The Hall–Kier alpha value is -3.28. The van der Waals surface area contributed by atoms with Crippen LogP contribution in [-0.2, 0) is 0 Å². The van der Waals surface area contributed by atoms with Gasteiger partial charge in [-0.05, 0) is 61.3 Å². The molecule has 4 rings (SSSR count). The molecule has 3 aromatic rings. The smallest absolute Gasteiger partial charge is 0.139 e. The Labute approximate surface area is 179 Å². The lowest BCUT2D eigenvalue weighted by atomic mass is 9.87. The van der Waals surface area contributed by atoms with E-state index in [1.165, 1.54) is 6.20 Å². The monoisotopic (exact) mass is 417 g/mol. The normalized spacial score (nSPS) is 19.0. The molecule has 1 saturated carbocycles. The topological polar surface area (TPSA) is 115 Å². The molecule has 0 unspecified atom stereocenters. The number of hydrogen-bond acceptors (Lipinski definition) is 7. The fourth-order valence-electron chi connectivity index (χ4n) is 3.55. The fourth-order valence-corrected chi connectivity index (χ4v) is 4.38. The van der Waals surface area contributed by atoms with Crippen molar-refractivity contribution in [2.45, 2.75) is 29.8 Å². The van der Waals surface area contributed by atoms with Gasteiger partial charge in [0.2, 0.25) is 0 Å². The van der Waals surface area contributed by atoms with Crippen LogP contribution in [-0.4, -0.2) is 34.8 Å². The Morgan fingerprint density at radius 1 is 1.37 bits per heavy atom. The molecule has 152 valence electrons. The van der Waals surface area contributed by atoms with Crippen LogP contribution in [0.25, 0.3) is 11.0 Å². The highest BCUT2D eigenvalue weighted by Crippen LogP contribution is 2.32. The Morgan fingerprint density at radius 2 is 2.23 bits per heavy atom. The van der Waals surface area contributed by atoms with E-state index >= 15 is 0 Å². The van der Waals surface area contributed by atoms with Crippen LogP contribution in [0.1, 0.15) is 24.0 Å². The summed E-state index contributed by atoms with van der Waals surface area (Å²) in [6.07, 6.45) is 9.02. The van der Waals surface area contributed by atoms with Crippen LogP contribution in [0.4, 0.5) is 5.69 Å². The summed E-state index contributed by atoms with van der Waals surface area (Å²) in [5.41, 5.74) is 9.87. The van der Waals surface area contributed by atoms with E-state index in [9.17, 15) is 0 Å². The number of nitrogens with two attached hydrogens (primary N) is 1. The molecule has 0 amide bonds. The molecular formula is C22H23N7S. The van der Waals surface area contributed by atoms with E-state index in [0.29, 0.717) is 17.6 Å². The zero-order valence-corrected chi connectivity index (χ0v) is 17.4. The summed E-state index contributed by atoms with van der Waals surface area (Å²) in [4.78, 5) is 13.1. The van der Waals surface area contributed by atoms with E-state index in [1.54, 1.807) is 25.1 Å². The van der Waals surface area contributed by atoms with Crippen LogP contribution in [0.2, 0.25) is 0 Å². The number of aromatic nitrogens is 2. The van der Waals surface area contributed by atoms with Gasteiger partial charge < -0.3 is 16.0 Å². The number of nitrogens with zero attached hydrogens (tertiary/aromatic N) is 3. The average molecular weight is 418 g/mol. The number of allylic oxidation sites excluding steroid dienone is 1. The van der Waals surface area contributed by atoms with Gasteiger partial charge in [-0.15, -0.1) is 0 Å². The second-order valence-electron chi connectivity index (χ2n) is 7.12. The van der Waals surface area contributed by atoms with Gasteiger partial charge in [-0.3, -0.25) is 9.71 Å². The van der Waals surface area contributed by atoms with Crippen LogP contribution in [0.5, 0.6) is 0 Å². The molecule has 30 heavy (non-hydrogen) atoms. The molecule has 2 heterocycles. The van der Waals surface area contributed by atoms with Crippen molar-refractivity contribution < 1.29 is 0 Å². The minimum atomic E-state index is 0.354. The number of nitriles is 1. The average Bonchev–Trinajstić information content (AvgIpc) is 3.23. The first-order valence-electron chi connectivity index (χ1n) is 9.72. The number of aromatic amines is 1. The molecule has 0 radical (unpaired) electrons. The van der Waals surface area contributed by atoms with E-state index < -0.39 is 0 Å². The third-order valence-corrected chi connectivity index (χ3v) is 6.09. The predicted molar refractivity (Wildman–Crippen MR) is 122 cm³/mol. The molecule has 1 aliphatic rings. The lowest BCUT2D eigenvalue weighted by Gasteiger charge is -2.37. The molecule has 1 fully saturated rings. The summed E-state index contributed by atoms with van der Waals surface area (Å²) in [7, 11) is 1.75. The van der Waals surface area contributed by atoms with Crippen LogP contribution >= 0.6 is 11.9 Å². The van der Waals surface area contributed by atoms with E-state index in [4.69, 9.17) is 11.0 Å². The third kappa shape index (κ3) is 4.17. The maximum Gasteiger partial charge on any atom is 0.139 e. The lowest BCUT2D eigenvalue weighted by molar-refractivity contribution is 0.355. The molecule has 5 N–H and O–H groups in total. The van der Waals surface area contributed by atoms with Gasteiger partial charge in [-0.25, -0.2) is 4.98 Å². The Balaban J connectivity index is 1.43. The van der Waals surface area contributed by atoms with Gasteiger partial charge >= 0.3 is 0 Å². The summed E-state index contributed by atoms with van der Waals surface area (Å²) in [5, 5.41) is 13.8. The Morgan fingerprint density at radius 3 is 3.00 bits per heavy atom. The standard InChI is InChI=1S/C22H23N7S/c1-25-20(5-7-23)19-13-27-22-18(6-8-26-22)21(19)28-15-10-16(11-15)29-30-17-4-2-3-14(9-17)12-24/h2-9,13,15-16,29H,10-11,23H2,1H3,(H2,26,27,28). The number of nitrogens with one attached hydrogen (secondary N) is 3. The van der Waals surface area contributed by atoms with Crippen molar-refractivity contribution in [1.82, 2.24) is 14.7 Å². The fraction of sp³-hybridized carbons (Fsp3) is 0.227. The summed E-state index contributed by atoms with van der Waals surface area (Å²) in [6, 6.07) is 12.6. The van der Waals surface area contributed by atoms with Gasteiger partial charge in [0, 0.05) is 47.4 Å². The highest BCUT2D eigenvalue weighted by Gasteiger charge is 2.30. The van der Waals surface area contributed by atoms with E-state index in [-0.39, 0.29) is 0 Å². The molecule has 0 bridgehead atoms. The van der Waals surface area contributed by atoms with E-state index in [2.05, 4.69) is 31.1 Å². The first-order chi connectivity index (χ1) is 14.7. The SMILES string of the molecule is CN=C(C=CN)c1cnc2[nH]ccc2c1NC1CC(NSc2cccc(C#N)c2)C1. The number of aliphatic imine (C=N–C) groups is 1. The number of rotatable bonds is 7. The van der Waals surface area contributed by atoms with Crippen molar-refractivity contribution in [3.05, 3.63) is 66.1 Å². The number of benzene rings is 1. The van der Waals surface area contributed by atoms with Crippen molar-refractivity contribution in [3.8, 4) is 6.07 Å². The predicted octanol–water partition coefficient (Wildman–Crippen LogP) is 3.57. The zero-order chi connectivity index (χ0) is 20.9. The van der Waals surface area contributed by atoms with Crippen LogP contribution in [0.15, 0.2) is 64.9 Å². The summed E-state index contributed by atoms with van der Waals surface area (Å²) in [5.74, 6) is 0. The van der Waals surface area contributed by atoms with Crippen molar-refractivity contribution >= 4 is 34.4 Å². The van der Waals surface area contributed by atoms with Crippen molar-refractivity contribution in [2.24, 2.45) is 10.7 Å². The molecule has 7 nitrogen and oxygen atoms in total. The first-order valence-corrected chi connectivity index (χ1v) is 10.5. The maximum atomic E-state index is 9.03. The maximum absolute atomic E-state index is 9.03. The molecule has 0 aliphatic heterocycles. The number of hydrogen-bond donors (Lipinski definition) is 4. The molecule has 1 aromatic carbocycles. The molecule has 1 aliphatic carbocycles. The molecule has 0 saturated heterocycles. The van der Waals surface area contributed by atoms with Gasteiger partial charge in [0.05, 0.1) is 23.0 Å². The second-order valence-corrected chi connectivity index (χ2v) is 8.04. The largest absolute Gasteiger partial charge is 0.405 e. The third-order valence-electron chi connectivity index (χ3n) is 5.15. The van der Waals surface area contributed by atoms with Crippen molar-refractivity contribution in [2.75, 3.05) is 12.4 Å². The molecule has 2 aromatic heterocycles.